The maximum absolute atomic E-state index is 13.4. The minimum Gasteiger partial charge on any atom is -0.508 e. The number of phenolic OH excluding ortho intramolecular Hbond substituents is 1. The standard InChI is InChI=1S/C14H17FN4O/c1-8(2)3-11-7-13(19-16)18-14(17-11)9-4-10(15)6-12(20)5-9/h4-8,20H,3,16H2,1-2H3,(H,17,18,19). The van der Waals surface area contributed by atoms with Gasteiger partial charge in [0.15, 0.2) is 5.82 Å². The molecule has 0 saturated carbocycles. The van der Waals surface area contributed by atoms with Crippen LogP contribution < -0.4 is 11.3 Å². The average molecular weight is 276 g/mol. The van der Waals surface area contributed by atoms with Crippen molar-refractivity contribution in [2.45, 2.75) is 20.3 Å². The van der Waals surface area contributed by atoms with Crippen LogP contribution in [0.5, 0.6) is 5.75 Å². The quantitative estimate of drug-likeness (QED) is 0.590. The number of phenols is 1. The van der Waals surface area contributed by atoms with Gasteiger partial charge in [-0.3, -0.25) is 0 Å². The summed E-state index contributed by atoms with van der Waals surface area (Å²) in [6.45, 7) is 4.15. The van der Waals surface area contributed by atoms with E-state index in [4.69, 9.17) is 5.84 Å². The lowest BCUT2D eigenvalue weighted by molar-refractivity contribution is 0.469. The normalized spacial score (nSPS) is 10.8. The first-order valence-corrected chi connectivity index (χ1v) is 6.32. The van der Waals surface area contributed by atoms with Crippen LogP contribution in [0.4, 0.5) is 10.2 Å². The van der Waals surface area contributed by atoms with Gasteiger partial charge < -0.3 is 10.5 Å². The number of hydrogen-bond donors (Lipinski definition) is 3. The van der Waals surface area contributed by atoms with E-state index in [1.165, 1.54) is 12.1 Å². The molecule has 1 aromatic carbocycles. The first-order chi connectivity index (χ1) is 9.47. The number of nitrogens with one attached hydrogen (secondary N) is 1. The van der Waals surface area contributed by atoms with Crippen molar-refractivity contribution in [3.63, 3.8) is 0 Å². The van der Waals surface area contributed by atoms with Crippen LogP contribution in [-0.4, -0.2) is 15.1 Å². The Labute approximate surface area is 116 Å². The van der Waals surface area contributed by atoms with Crippen molar-refractivity contribution >= 4 is 5.82 Å². The molecule has 20 heavy (non-hydrogen) atoms. The molecule has 1 aromatic heterocycles. The number of aromatic hydroxyl groups is 1. The second-order valence-electron chi connectivity index (χ2n) is 5.01. The second-order valence-corrected chi connectivity index (χ2v) is 5.01. The van der Waals surface area contributed by atoms with Gasteiger partial charge in [-0.1, -0.05) is 13.8 Å². The molecule has 0 radical (unpaired) electrons. The summed E-state index contributed by atoms with van der Waals surface area (Å²) in [5.41, 5.74) is 3.69. The topological polar surface area (TPSA) is 84.1 Å². The second kappa shape index (κ2) is 5.83. The van der Waals surface area contributed by atoms with Gasteiger partial charge in [0.05, 0.1) is 0 Å². The minimum absolute atomic E-state index is 0.167. The first-order valence-electron chi connectivity index (χ1n) is 6.32. The number of hydrazine groups is 1. The summed E-state index contributed by atoms with van der Waals surface area (Å²) in [5.74, 6) is 5.88. The van der Waals surface area contributed by atoms with E-state index in [1.54, 1.807) is 6.07 Å². The maximum Gasteiger partial charge on any atom is 0.162 e. The number of nitrogen functional groups attached to an aromatic ring is 1. The Morgan fingerprint density at radius 3 is 2.60 bits per heavy atom. The number of benzene rings is 1. The molecule has 0 aliphatic carbocycles. The molecule has 0 aliphatic rings. The van der Waals surface area contributed by atoms with E-state index in [0.717, 1.165) is 18.2 Å². The van der Waals surface area contributed by atoms with Crippen LogP contribution in [0.3, 0.4) is 0 Å². The van der Waals surface area contributed by atoms with E-state index < -0.39 is 5.82 Å². The maximum atomic E-state index is 13.4. The summed E-state index contributed by atoms with van der Waals surface area (Å²) < 4.78 is 13.4. The summed E-state index contributed by atoms with van der Waals surface area (Å²) in [5, 5.41) is 9.46. The molecule has 0 saturated heterocycles. The predicted molar refractivity (Wildman–Crippen MR) is 75.4 cm³/mol. The number of nitrogens with two attached hydrogens (primary N) is 1. The van der Waals surface area contributed by atoms with Crippen LogP contribution in [-0.2, 0) is 6.42 Å². The third-order valence-electron chi connectivity index (χ3n) is 2.69. The Morgan fingerprint density at radius 1 is 1.25 bits per heavy atom. The third kappa shape index (κ3) is 3.42. The van der Waals surface area contributed by atoms with E-state index in [0.29, 0.717) is 23.1 Å². The summed E-state index contributed by atoms with van der Waals surface area (Å²) in [6.07, 6.45) is 0.755. The van der Waals surface area contributed by atoms with Crippen molar-refractivity contribution in [1.29, 1.82) is 0 Å². The molecule has 106 valence electrons. The molecule has 2 aromatic rings. The molecule has 0 fully saturated rings. The minimum atomic E-state index is -0.542. The van der Waals surface area contributed by atoms with E-state index in [9.17, 15) is 9.50 Å². The van der Waals surface area contributed by atoms with E-state index >= 15 is 0 Å². The summed E-state index contributed by atoms with van der Waals surface area (Å²) in [7, 11) is 0. The molecule has 5 nitrogen and oxygen atoms in total. The average Bonchev–Trinajstić information content (AvgIpc) is 2.36. The molecular formula is C14H17FN4O. The Morgan fingerprint density at radius 2 is 2.00 bits per heavy atom. The van der Waals surface area contributed by atoms with E-state index in [2.05, 4.69) is 29.2 Å². The van der Waals surface area contributed by atoms with Gasteiger partial charge in [0, 0.05) is 23.4 Å². The SMILES string of the molecule is CC(C)Cc1cc(NN)nc(-c2cc(O)cc(F)c2)n1. The number of halogens is 1. The molecule has 0 unspecified atom stereocenters. The van der Waals surface area contributed by atoms with Crippen molar-refractivity contribution in [2.24, 2.45) is 11.8 Å². The fourth-order valence-electron chi connectivity index (χ4n) is 1.93. The molecule has 6 heteroatoms. The number of rotatable bonds is 4. The zero-order valence-corrected chi connectivity index (χ0v) is 11.4. The van der Waals surface area contributed by atoms with Crippen molar-refractivity contribution in [3.05, 3.63) is 35.8 Å². The van der Waals surface area contributed by atoms with Gasteiger partial charge in [0.25, 0.3) is 0 Å². The van der Waals surface area contributed by atoms with Crippen LogP contribution in [0.1, 0.15) is 19.5 Å². The zero-order valence-electron chi connectivity index (χ0n) is 11.4. The Balaban J connectivity index is 2.49. The van der Waals surface area contributed by atoms with Crippen LogP contribution >= 0.6 is 0 Å². The zero-order chi connectivity index (χ0) is 14.7. The number of hydrogen-bond acceptors (Lipinski definition) is 5. The molecule has 0 spiro atoms. The molecule has 0 amide bonds. The summed E-state index contributed by atoms with van der Waals surface area (Å²) in [4.78, 5) is 8.58. The molecule has 0 atom stereocenters. The molecule has 0 bridgehead atoms. The fraction of sp³-hybridized carbons (Fsp3) is 0.286. The van der Waals surface area contributed by atoms with Crippen LogP contribution in [0.25, 0.3) is 11.4 Å². The Kier molecular flexibility index (Phi) is 4.14. The van der Waals surface area contributed by atoms with Gasteiger partial charge >= 0.3 is 0 Å². The van der Waals surface area contributed by atoms with Gasteiger partial charge in [-0.05, 0) is 24.5 Å². The highest BCUT2D eigenvalue weighted by atomic mass is 19.1. The number of aromatic nitrogens is 2. The predicted octanol–water partition coefficient (Wildman–Crippen LogP) is 2.47. The van der Waals surface area contributed by atoms with Gasteiger partial charge in [0.2, 0.25) is 0 Å². The van der Waals surface area contributed by atoms with Gasteiger partial charge in [-0.2, -0.15) is 0 Å². The molecule has 4 N–H and O–H groups in total. The van der Waals surface area contributed by atoms with Crippen molar-refractivity contribution in [2.75, 3.05) is 5.43 Å². The lowest BCUT2D eigenvalue weighted by Crippen LogP contribution is -2.11. The van der Waals surface area contributed by atoms with Gasteiger partial charge in [-0.25, -0.2) is 20.2 Å². The largest absolute Gasteiger partial charge is 0.508 e. The molecule has 2 rings (SSSR count). The van der Waals surface area contributed by atoms with Crippen LogP contribution in [0.2, 0.25) is 0 Å². The van der Waals surface area contributed by atoms with Crippen molar-refractivity contribution < 1.29 is 9.50 Å². The number of anilines is 1. The van der Waals surface area contributed by atoms with Crippen molar-refractivity contribution in [3.8, 4) is 17.1 Å². The molecular weight excluding hydrogens is 259 g/mol. The summed E-state index contributed by atoms with van der Waals surface area (Å²) in [6, 6.07) is 5.47. The van der Waals surface area contributed by atoms with Gasteiger partial charge in [-0.15, -0.1) is 0 Å². The summed E-state index contributed by atoms with van der Waals surface area (Å²) >= 11 is 0. The van der Waals surface area contributed by atoms with Crippen molar-refractivity contribution in [1.82, 2.24) is 9.97 Å². The highest BCUT2D eigenvalue weighted by molar-refractivity contribution is 5.59. The Bertz CT molecular complexity index is 596. The van der Waals surface area contributed by atoms with Crippen LogP contribution in [0, 0.1) is 11.7 Å². The number of nitrogens with zero attached hydrogens (tertiary/aromatic N) is 2. The Hall–Kier alpha value is -2.21. The highest BCUT2D eigenvalue weighted by Crippen LogP contribution is 2.24. The smallest absolute Gasteiger partial charge is 0.162 e. The third-order valence-corrected chi connectivity index (χ3v) is 2.69. The van der Waals surface area contributed by atoms with Crippen LogP contribution in [0.15, 0.2) is 24.3 Å². The lowest BCUT2D eigenvalue weighted by atomic mass is 10.1. The highest BCUT2D eigenvalue weighted by Gasteiger charge is 2.10. The first kappa shape index (κ1) is 14.2. The van der Waals surface area contributed by atoms with E-state index in [1.807, 2.05) is 0 Å². The van der Waals surface area contributed by atoms with Gasteiger partial charge in [0.1, 0.15) is 17.4 Å². The molecule has 0 aliphatic heterocycles. The van der Waals surface area contributed by atoms with E-state index in [-0.39, 0.29) is 5.75 Å². The molecule has 1 heterocycles. The fourth-order valence-corrected chi connectivity index (χ4v) is 1.93. The lowest BCUT2D eigenvalue weighted by Gasteiger charge is -2.09. The monoisotopic (exact) mass is 276 g/mol.